The number of aliphatic hydroxyl groups excluding tert-OH is 3. The van der Waals surface area contributed by atoms with Crippen LogP contribution in [0.1, 0.15) is 11.8 Å². The standard InChI is InChI=1S/C12H17N7O4/c13-9(18-15)4-1-19(11-6(4)10(14)16-3-17-11)12-8(22)7(21)5(2-20)23-12/h1,3,5,7-8,12,20-22H,2,15H2,(H2,13,18)(H2,14,16,17). The third-order valence-electron chi connectivity index (χ3n) is 3.85. The Labute approximate surface area is 130 Å². The molecule has 11 nitrogen and oxygen atoms in total. The summed E-state index contributed by atoms with van der Waals surface area (Å²) in [6.45, 7) is -0.440. The lowest BCUT2D eigenvalue weighted by molar-refractivity contribution is -0.0508. The second kappa shape index (κ2) is 5.62. The molecular weight excluding hydrogens is 306 g/mol. The molecule has 1 aliphatic rings. The zero-order valence-corrected chi connectivity index (χ0v) is 11.9. The van der Waals surface area contributed by atoms with Gasteiger partial charge in [0.1, 0.15) is 36.1 Å². The van der Waals surface area contributed by atoms with Gasteiger partial charge in [0.25, 0.3) is 0 Å². The Morgan fingerprint density at radius 1 is 1.35 bits per heavy atom. The molecule has 23 heavy (non-hydrogen) atoms. The first-order chi connectivity index (χ1) is 11.0. The maximum Gasteiger partial charge on any atom is 0.164 e. The van der Waals surface area contributed by atoms with Crippen LogP contribution in [0.4, 0.5) is 5.82 Å². The van der Waals surface area contributed by atoms with E-state index in [1.54, 1.807) is 0 Å². The topological polar surface area (TPSA) is 191 Å². The lowest BCUT2D eigenvalue weighted by Gasteiger charge is -2.17. The summed E-state index contributed by atoms with van der Waals surface area (Å²) in [5.41, 5.74) is 12.3. The van der Waals surface area contributed by atoms with Gasteiger partial charge in [-0.05, 0) is 0 Å². The summed E-state index contributed by atoms with van der Waals surface area (Å²) < 4.78 is 6.94. The van der Waals surface area contributed by atoms with Gasteiger partial charge >= 0.3 is 0 Å². The first kappa shape index (κ1) is 15.4. The van der Waals surface area contributed by atoms with Crippen molar-refractivity contribution >= 4 is 22.7 Å². The molecule has 2 aromatic rings. The summed E-state index contributed by atoms with van der Waals surface area (Å²) >= 11 is 0. The van der Waals surface area contributed by atoms with E-state index in [4.69, 9.17) is 22.0 Å². The van der Waals surface area contributed by atoms with Crippen molar-refractivity contribution in [2.75, 3.05) is 12.3 Å². The molecule has 4 atom stereocenters. The quantitative estimate of drug-likeness (QED) is 0.150. The van der Waals surface area contributed by atoms with Gasteiger partial charge < -0.3 is 41.9 Å². The van der Waals surface area contributed by atoms with Crippen LogP contribution in [-0.4, -0.2) is 60.6 Å². The number of rotatable bonds is 3. The summed E-state index contributed by atoms with van der Waals surface area (Å²) in [5, 5.41) is 33.1. The van der Waals surface area contributed by atoms with E-state index in [0.717, 1.165) is 0 Å². The Hall–Kier alpha value is -2.47. The minimum atomic E-state index is -1.28. The third-order valence-corrected chi connectivity index (χ3v) is 3.85. The van der Waals surface area contributed by atoms with E-state index in [2.05, 4.69) is 15.1 Å². The number of aliphatic hydroxyl groups is 3. The molecule has 9 N–H and O–H groups in total. The van der Waals surface area contributed by atoms with E-state index in [-0.39, 0.29) is 11.7 Å². The first-order valence-electron chi connectivity index (χ1n) is 6.76. The van der Waals surface area contributed by atoms with Gasteiger partial charge in [-0.3, -0.25) is 0 Å². The average molecular weight is 323 g/mol. The molecule has 0 saturated carbocycles. The fourth-order valence-electron chi connectivity index (χ4n) is 2.68. The van der Waals surface area contributed by atoms with Crippen molar-refractivity contribution in [2.45, 2.75) is 24.5 Å². The maximum atomic E-state index is 10.2. The molecule has 1 aliphatic heterocycles. The van der Waals surface area contributed by atoms with Crippen molar-refractivity contribution in [3.8, 4) is 0 Å². The van der Waals surface area contributed by atoms with E-state index in [1.165, 1.54) is 17.1 Å². The molecule has 0 spiro atoms. The van der Waals surface area contributed by atoms with Gasteiger partial charge in [0.2, 0.25) is 0 Å². The molecule has 3 heterocycles. The van der Waals surface area contributed by atoms with Gasteiger partial charge in [-0.25, -0.2) is 9.97 Å². The van der Waals surface area contributed by atoms with Gasteiger partial charge in [0.15, 0.2) is 12.1 Å². The summed E-state index contributed by atoms with van der Waals surface area (Å²) in [6, 6.07) is 0. The number of amidine groups is 1. The smallest absolute Gasteiger partial charge is 0.164 e. The zero-order valence-electron chi connectivity index (χ0n) is 11.9. The molecule has 11 heteroatoms. The number of fused-ring (bicyclic) bond motifs is 1. The van der Waals surface area contributed by atoms with Gasteiger partial charge in [0.05, 0.1) is 12.0 Å². The number of nitrogens with zero attached hydrogens (tertiary/aromatic N) is 4. The highest BCUT2D eigenvalue weighted by molar-refractivity contribution is 6.11. The van der Waals surface area contributed by atoms with E-state index in [1.807, 2.05) is 0 Å². The maximum absolute atomic E-state index is 10.2. The number of ether oxygens (including phenoxy) is 1. The second-order valence-electron chi connectivity index (χ2n) is 5.15. The minimum Gasteiger partial charge on any atom is -0.394 e. The fraction of sp³-hybridized carbons (Fsp3) is 0.417. The normalized spacial score (nSPS) is 28.6. The molecule has 4 unspecified atom stereocenters. The predicted molar refractivity (Wildman–Crippen MR) is 79.9 cm³/mol. The summed E-state index contributed by atoms with van der Waals surface area (Å²) in [4.78, 5) is 8.02. The number of anilines is 1. The first-order valence-corrected chi connectivity index (χ1v) is 6.76. The number of nitrogen functional groups attached to an aromatic ring is 1. The summed E-state index contributed by atoms with van der Waals surface area (Å²) in [5.74, 6) is 5.38. The highest BCUT2D eigenvalue weighted by atomic mass is 16.6. The Morgan fingerprint density at radius 2 is 2.09 bits per heavy atom. The molecule has 0 radical (unpaired) electrons. The van der Waals surface area contributed by atoms with Gasteiger partial charge in [-0.2, -0.15) is 5.10 Å². The summed E-state index contributed by atoms with van der Waals surface area (Å²) in [7, 11) is 0. The zero-order chi connectivity index (χ0) is 16.7. The van der Waals surface area contributed by atoms with Crippen LogP contribution in [0.15, 0.2) is 17.6 Å². The Bertz CT molecular complexity index is 761. The lowest BCUT2D eigenvalue weighted by atomic mass is 10.1. The van der Waals surface area contributed by atoms with Crippen LogP contribution in [0, 0.1) is 0 Å². The fourth-order valence-corrected chi connectivity index (χ4v) is 2.68. The van der Waals surface area contributed by atoms with Crippen molar-refractivity contribution in [1.29, 1.82) is 0 Å². The minimum absolute atomic E-state index is 0.00185. The predicted octanol–water partition coefficient (Wildman–Crippen LogP) is -2.80. The van der Waals surface area contributed by atoms with Crippen LogP contribution in [0.2, 0.25) is 0 Å². The van der Waals surface area contributed by atoms with Crippen molar-refractivity contribution in [1.82, 2.24) is 14.5 Å². The number of aromatic nitrogens is 3. The third kappa shape index (κ3) is 2.26. The molecule has 124 valence electrons. The second-order valence-corrected chi connectivity index (χ2v) is 5.15. The molecule has 0 aromatic carbocycles. The van der Waals surface area contributed by atoms with Crippen molar-refractivity contribution in [2.24, 2.45) is 16.7 Å². The van der Waals surface area contributed by atoms with E-state index in [0.29, 0.717) is 16.6 Å². The Morgan fingerprint density at radius 3 is 2.70 bits per heavy atom. The largest absolute Gasteiger partial charge is 0.394 e. The monoisotopic (exact) mass is 323 g/mol. The highest BCUT2D eigenvalue weighted by Gasteiger charge is 2.44. The molecule has 1 saturated heterocycles. The molecule has 0 bridgehead atoms. The van der Waals surface area contributed by atoms with Crippen molar-refractivity contribution in [3.05, 3.63) is 18.1 Å². The molecule has 0 amide bonds. The molecule has 2 aromatic heterocycles. The number of hydrogen-bond donors (Lipinski definition) is 6. The Kier molecular flexibility index (Phi) is 3.77. The molecule has 3 rings (SSSR count). The Balaban J connectivity index is 2.18. The van der Waals surface area contributed by atoms with Crippen LogP contribution in [-0.2, 0) is 4.74 Å². The summed E-state index contributed by atoms with van der Waals surface area (Å²) in [6.07, 6.45) is -1.68. The molecule has 0 aliphatic carbocycles. The van der Waals surface area contributed by atoms with Crippen LogP contribution in [0.25, 0.3) is 11.0 Å². The lowest BCUT2D eigenvalue weighted by Crippen LogP contribution is -2.33. The van der Waals surface area contributed by atoms with Crippen molar-refractivity contribution in [3.63, 3.8) is 0 Å². The van der Waals surface area contributed by atoms with Crippen molar-refractivity contribution < 1.29 is 20.1 Å². The van der Waals surface area contributed by atoms with Gasteiger partial charge in [0, 0.05) is 11.8 Å². The SMILES string of the molecule is NN=C(N)c1cn(C2OC(CO)C(O)C2O)c2ncnc(N)c12. The van der Waals surface area contributed by atoms with E-state index < -0.39 is 31.1 Å². The average Bonchev–Trinajstić information content (AvgIpc) is 3.07. The van der Waals surface area contributed by atoms with Crippen LogP contribution < -0.4 is 17.3 Å². The number of hydrazone groups is 1. The highest BCUT2D eigenvalue weighted by Crippen LogP contribution is 2.34. The molecular formula is C12H17N7O4. The molecule has 1 fully saturated rings. The number of nitrogens with two attached hydrogens (primary N) is 3. The number of hydrogen-bond acceptors (Lipinski definition) is 9. The van der Waals surface area contributed by atoms with Gasteiger partial charge in [-0.1, -0.05) is 0 Å². The van der Waals surface area contributed by atoms with E-state index in [9.17, 15) is 15.3 Å². The van der Waals surface area contributed by atoms with Gasteiger partial charge in [-0.15, -0.1) is 0 Å². The van der Waals surface area contributed by atoms with Crippen LogP contribution in [0.5, 0.6) is 0 Å². The van der Waals surface area contributed by atoms with Crippen LogP contribution in [0.3, 0.4) is 0 Å². The van der Waals surface area contributed by atoms with Crippen LogP contribution >= 0.6 is 0 Å². The van der Waals surface area contributed by atoms with E-state index >= 15 is 0 Å².